The van der Waals surface area contributed by atoms with E-state index in [2.05, 4.69) is 4.72 Å². The van der Waals surface area contributed by atoms with Crippen molar-refractivity contribution < 1.29 is 8.42 Å². The normalized spacial score (nSPS) is 18.4. The molecule has 20 heavy (non-hydrogen) atoms. The van der Waals surface area contributed by atoms with E-state index in [1.807, 2.05) is 6.92 Å². The molecule has 6 heteroatoms. The van der Waals surface area contributed by atoms with Gasteiger partial charge in [0.1, 0.15) is 0 Å². The number of nitrogens with one attached hydrogen (secondary N) is 1. The molecule has 1 atom stereocenters. The summed E-state index contributed by atoms with van der Waals surface area (Å²) in [6.07, 6.45) is 4.53. The van der Waals surface area contributed by atoms with Gasteiger partial charge in [-0.1, -0.05) is 24.4 Å². The third-order valence-corrected chi connectivity index (χ3v) is 6.01. The molecule has 3 N–H and O–H groups in total. The van der Waals surface area contributed by atoms with Crippen LogP contribution in [0.4, 0.5) is 5.69 Å². The minimum atomic E-state index is -3.59. The van der Waals surface area contributed by atoms with Gasteiger partial charge in [-0.3, -0.25) is 0 Å². The molecule has 0 aromatic heterocycles. The number of sulfonamides is 1. The van der Waals surface area contributed by atoms with E-state index in [9.17, 15) is 8.42 Å². The van der Waals surface area contributed by atoms with Gasteiger partial charge in [0.15, 0.2) is 0 Å². The van der Waals surface area contributed by atoms with E-state index in [1.165, 1.54) is 18.9 Å². The smallest absolute Gasteiger partial charge is 0.241 e. The van der Waals surface area contributed by atoms with Crippen molar-refractivity contribution in [3.63, 3.8) is 0 Å². The molecule has 2 rings (SSSR count). The van der Waals surface area contributed by atoms with Gasteiger partial charge in [0.25, 0.3) is 0 Å². The monoisotopic (exact) mass is 316 g/mol. The number of hydrogen-bond acceptors (Lipinski definition) is 3. The van der Waals surface area contributed by atoms with Crippen LogP contribution in [-0.4, -0.2) is 14.5 Å². The summed E-state index contributed by atoms with van der Waals surface area (Å²) in [6, 6.07) is 2.95. The molecule has 0 aliphatic heterocycles. The fourth-order valence-electron chi connectivity index (χ4n) is 2.82. The Hall–Kier alpha value is -0.780. The third kappa shape index (κ3) is 3.27. The molecule has 1 aromatic carbocycles. The second-order valence-electron chi connectivity index (χ2n) is 5.57. The van der Waals surface area contributed by atoms with Gasteiger partial charge in [-0.05, 0) is 50.3 Å². The van der Waals surface area contributed by atoms with Gasteiger partial charge in [0.2, 0.25) is 10.0 Å². The zero-order valence-electron chi connectivity index (χ0n) is 11.8. The van der Waals surface area contributed by atoms with Crippen LogP contribution in [0.1, 0.15) is 38.2 Å². The molecule has 0 bridgehead atoms. The Kier molecular flexibility index (Phi) is 4.62. The maximum absolute atomic E-state index is 12.5. The van der Waals surface area contributed by atoms with Crippen LogP contribution in [-0.2, 0) is 10.0 Å². The summed E-state index contributed by atoms with van der Waals surface area (Å²) in [5, 5.41) is 0.335. The number of anilines is 1. The summed E-state index contributed by atoms with van der Waals surface area (Å²) in [6.45, 7) is 3.62. The van der Waals surface area contributed by atoms with Crippen molar-refractivity contribution in [2.45, 2.75) is 50.5 Å². The predicted molar refractivity (Wildman–Crippen MR) is 82.3 cm³/mol. The largest absolute Gasteiger partial charge is 0.398 e. The van der Waals surface area contributed by atoms with Gasteiger partial charge in [-0.15, -0.1) is 0 Å². The van der Waals surface area contributed by atoms with Crippen LogP contribution in [0.15, 0.2) is 17.0 Å². The number of benzene rings is 1. The molecule has 0 amide bonds. The molecule has 0 heterocycles. The van der Waals surface area contributed by atoms with Crippen LogP contribution in [0, 0.1) is 12.8 Å². The summed E-state index contributed by atoms with van der Waals surface area (Å²) in [5.41, 5.74) is 6.73. The lowest BCUT2D eigenvalue weighted by Gasteiger charge is -2.21. The van der Waals surface area contributed by atoms with E-state index < -0.39 is 10.0 Å². The van der Waals surface area contributed by atoms with E-state index in [0.717, 1.165) is 12.8 Å². The zero-order valence-corrected chi connectivity index (χ0v) is 13.4. The topological polar surface area (TPSA) is 72.2 Å². The van der Waals surface area contributed by atoms with Gasteiger partial charge in [-0.25, -0.2) is 13.1 Å². The molecule has 1 fully saturated rings. The highest BCUT2D eigenvalue weighted by Gasteiger charge is 2.27. The van der Waals surface area contributed by atoms with Crippen LogP contribution >= 0.6 is 11.6 Å². The molecule has 1 aromatic rings. The fraction of sp³-hybridized carbons (Fsp3) is 0.571. The lowest BCUT2D eigenvalue weighted by Crippen LogP contribution is -2.37. The third-order valence-electron chi connectivity index (χ3n) is 4.10. The first-order valence-electron chi connectivity index (χ1n) is 6.89. The summed E-state index contributed by atoms with van der Waals surface area (Å²) in [5.74, 6) is 0.418. The summed E-state index contributed by atoms with van der Waals surface area (Å²) in [4.78, 5) is 0.173. The lowest BCUT2D eigenvalue weighted by atomic mass is 10.0. The molecule has 1 unspecified atom stereocenters. The molecule has 0 saturated heterocycles. The van der Waals surface area contributed by atoms with Crippen molar-refractivity contribution in [1.29, 1.82) is 0 Å². The quantitative estimate of drug-likeness (QED) is 0.838. The van der Waals surface area contributed by atoms with Crippen LogP contribution in [0.25, 0.3) is 0 Å². The number of rotatable bonds is 4. The summed E-state index contributed by atoms with van der Waals surface area (Å²) >= 11 is 5.92. The van der Waals surface area contributed by atoms with Gasteiger partial charge in [-0.2, -0.15) is 0 Å². The Morgan fingerprint density at radius 1 is 1.35 bits per heavy atom. The highest BCUT2D eigenvalue weighted by atomic mass is 35.5. The van der Waals surface area contributed by atoms with Crippen molar-refractivity contribution in [3.8, 4) is 0 Å². The second kappa shape index (κ2) is 5.92. The van der Waals surface area contributed by atoms with Gasteiger partial charge in [0.05, 0.1) is 4.90 Å². The number of hydrogen-bond donors (Lipinski definition) is 2. The SMILES string of the molecule is Cc1c(N)cc(Cl)cc1S(=O)(=O)NC(C)C1CCCC1. The Morgan fingerprint density at radius 2 is 1.95 bits per heavy atom. The van der Waals surface area contributed by atoms with Gasteiger partial charge >= 0.3 is 0 Å². The molecule has 112 valence electrons. The van der Waals surface area contributed by atoms with Crippen molar-refractivity contribution in [2.75, 3.05) is 5.73 Å². The molecular weight excluding hydrogens is 296 g/mol. The van der Waals surface area contributed by atoms with E-state index >= 15 is 0 Å². The van der Waals surface area contributed by atoms with E-state index in [1.54, 1.807) is 13.0 Å². The molecule has 1 aliphatic rings. The second-order valence-corrected chi connectivity index (χ2v) is 7.69. The average Bonchev–Trinajstić information content (AvgIpc) is 2.86. The average molecular weight is 317 g/mol. The predicted octanol–water partition coefficient (Wildman–Crippen LogP) is 3.09. The molecule has 1 aliphatic carbocycles. The Morgan fingerprint density at radius 3 is 2.55 bits per heavy atom. The Balaban J connectivity index is 2.26. The maximum Gasteiger partial charge on any atom is 0.241 e. The standard InChI is InChI=1S/C14H21ClN2O2S/c1-9-13(16)7-12(15)8-14(9)20(18,19)17-10(2)11-5-3-4-6-11/h7-8,10-11,17H,3-6,16H2,1-2H3. The number of nitrogen functional groups attached to an aromatic ring is 1. The van der Waals surface area contributed by atoms with Crippen LogP contribution in [0.2, 0.25) is 5.02 Å². The summed E-state index contributed by atoms with van der Waals surface area (Å²) < 4.78 is 27.8. The Bertz CT molecular complexity index is 595. The fourth-order valence-corrected chi connectivity index (χ4v) is 4.72. The number of halogens is 1. The highest BCUT2D eigenvalue weighted by Crippen LogP contribution is 2.30. The van der Waals surface area contributed by atoms with E-state index in [0.29, 0.717) is 22.2 Å². The first kappa shape index (κ1) is 15.6. The zero-order chi connectivity index (χ0) is 14.9. The first-order valence-corrected chi connectivity index (χ1v) is 8.75. The lowest BCUT2D eigenvalue weighted by molar-refractivity contribution is 0.424. The number of nitrogens with two attached hydrogens (primary N) is 1. The first-order chi connectivity index (χ1) is 9.31. The highest BCUT2D eigenvalue weighted by molar-refractivity contribution is 7.89. The minimum absolute atomic E-state index is 0.0675. The molecule has 0 radical (unpaired) electrons. The van der Waals surface area contributed by atoms with Crippen molar-refractivity contribution in [1.82, 2.24) is 4.72 Å². The van der Waals surface area contributed by atoms with Crippen molar-refractivity contribution in [3.05, 3.63) is 22.7 Å². The van der Waals surface area contributed by atoms with Crippen molar-refractivity contribution in [2.24, 2.45) is 5.92 Å². The minimum Gasteiger partial charge on any atom is -0.398 e. The molecule has 1 saturated carbocycles. The van der Waals surface area contributed by atoms with Crippen LogP contribution < -0.4 is 10.5 Å². The van der Waals surface area contributed by atoms with Gasteiger partial charge in [0, 0.05) is 16.8 Å². The molecule has 4 nitrogen and oxygen atoms in total. The molecular formula is C14H21ClN2O2S. The Labute approximate surface area is 125 Å². The van der Waals surface area contributed by atoms with Crippen LogP contribution in [0.5, 0.6) is 0 Å². The van der Waals surface area contributed by atoms with E-state index in [4.69, 9.17) is 17.3 Å². The molecule has 0 spiro atoms. The van der Waals surface area contributed by atoms with E-state index in [-0.39, 0.29) is 10.9 Å². The maximum atomic E-state index is 12.5. The van der Waals surface area contributed by atoms with Crippen molar-refractivity contribution >= 4 is 27.3 Å². The van der Waals surface area contributed by atoms with Gasteiger partial charge < -0.3 is 5.73 Å². The van der Waals surface area contributed by atoms with Crippen LogP contribution in [0.3, 0.4) is 0 Å². The summed E-state index contributed by atoms with van der Waals surface area (Å²) in [7, 11) is -3.59.